The lowest BCUT2D eigenvalue weighted by atomic mass is 9.82. The summed E-state index contributed by atoms with van der Waals surface area (Å²) in [5, 5.41) is 0.617. The largest absolute Gasteiger partial charge is 0.147 e. The molecule has 0 bridgehead atoms. The molecule has 0 saturated heterocycles. The molecule has 0 aromatic rings. The van der Waals surface area contributed by atoms with Crippen molar-refractivity contribution in [2.45, 2.75) is 57.5 Å². The van der Waals surface area contributed by atoms with Crippen molar-refractivity contribution < 1.29 is 0 Å². The minimum atomic E-state index is 0. The Hall–Kier alpha value is 0.720. The third-order valence-electron chi connectivity index (χ3n) is 2.66. The first-order valence-electron chi connectivity index (χ1n) is 4.91. The van der Waals surface area contributed by atoms with Crippen LogP contribution in [0.1, 0.15) is 52.4 Å². The second-order valence-electron chi connectivity index (χ2n) is 4.52. The quantitative estimate of drug-likeness (QED) is 0.601. The minimum Gasteiger partial charge on any atom is -0.147 e. The van der Waals surface area contributed by atoms with Gasteiger partial charge in [-0.15, -0.1) is 21.6 Å². The summed E-state index contributed by atoms with van der Waals surface area (Å²) in [5.74, 6) is 0.866. The van der Waals surface area contributed by atoms with Gasteiger partial charge in [-0.2, -0.15) is 0 Å². The van der Waals surface area contributed by atoms with Crippen LogP contribution in [0.2, 0.25) is 0 Å². The average molecular weight is 209 g/mol. The fourth-order valence-electron chi connectivity index (χ4n) is 2.27. The van der Waals surface area contributed by atoms with Gasteiger partial charge < -0.3 is 0 Å². The van der Waals surface area contributed by atoms with E-state index >= 15 is 0 Å². The van der Waals surface area contributed by atoms with Gasteiger partial charge in [0.2, 0.25) is 0 Å². The first-order valence-corrected chi connectivity index (χ1v) is 5.49. The predicted octanol–water partition coefficient (Wildman–Crippen LogP) is 4.03. The van der Waals surface area contributed by atoms with Crippen LogP contribution in [0.3, 0.4) is 0 Å². The molecular weight excluding hydrogens is 187 g/mol. The lowest BCUT2D eigenvalue weighted by Crippen LogP contribution is -2.25. The Morgan fingerprint density at radius 3 is 2.08 bits per heavy atom. The molecule has 0 nitrogen and oxygen atoms in total. The van der Waals surface area contributed by atoms with Crippen LogP contribution in [0, 0.1) is 5.92 Å². The van der Waals surface area contributed by atoms with Gasteiger partial charge >= 0.3 is 0 Å². The summed E-state index contributed by atoms with van der Waals surface area (Å²) < 4.78 is 0. The molecule has 1 saturated carbocycles. The molecule has 1 fully saturated rings. The van der Waals surface area contributed by atoms with Crippen molar-refractivity contribution in [2.75, 3.05) is 0 Å². The van der Waals surface area contributed by atoms with E-state index in [-0.39, 0.29) is 12.4 Å². The fourth-order valence-corrected chi connectivity index (χ4v) is 3.15. The van der Waals surface area contributed by atoms with Crippen LogP contribution in [0.4, 0.5) is 0 Å². The van der Waals surface area contributed by atoms with Crippen LogP contribution in [0.15, 0.2) is 0 Å². The zero-order valence-corrected chi connectivity index (χ0v) is 10.3. The van der Waals surface area contributed by atoms with E-state index in [0.29, 0.717) is 5.16 Å². The van der Waals surface area contributed by atoms with Crippen molar-refractivity contribution in [1.82, 2.24) is 0 Å². The first-order chi connectivity index (χ1) is 5.12. The number of halogens is 1. The molecule has 0 aromatic carbocycles. The van der Waals surface area contributed by atoms with E-state index in [1.54, 1.807) is 0 Å². The third-order valence-corrected chi connectivity index (χ3v) is 3.48. The maximum absolute atomic E-state index is 3.11. The van der Waals surface area contributed by atoms with Crippen LogP contribution in [0.25, 0.3) is 0 Å². The summed E-state index contributed by atoms with van der Waals surface area (Å²) in [6.07, 6.45) is 8.66. The molecule has 0 aromatic heterocycles. The van der Waals surface area contributed by atoms with E-state index in [1.165, 1.54) is 38.5 Å². The molecule has 0 amide bonds. The topological polar surface area (TPSA) is 0 Å². The van der Waals surface area contributed by atoms with E-state index in [1.807, 2.05) is 0 Å². The predicted molar refractivity (Wildman–Crippen MR) is 62.2 cm³/mol. The maximum Gasteiger partial charge on any atom is -0.0148 e. The second kappa shape index (κ2) is 5.45. The standard InChI is InChI=1S/C10H21P.ClH/c1-9(2)8-10(11)6-4-3-5-7-10;/h9H,3-8,11H2,1-2H3;1H. The molecule has 0 radical (unpaired) electrons. The van der Waals surface area contributed by atoms with E-state index in [9.17, 15) is 0 Å². The highest BCUT2D eigenvalue weighted by Gasteiger charge is 2.27. The van der Waals surface area contributed by atoms with E-state index < -0.39 is 0 Å². The Balaban J connectivity index is 0.00000121. The van der Waals surface area contributed by atoms with E-state index in [0.717, 1.165) is 5.92 Å². The van der Waals surface area contributed by atoms with Gasteiger partial charge in [-0.05, 0) is 30.3 Å². The first kappa shape index (κ1) is 12.7. The zero-order chi connectivity index (χ0) is 8.32. The summed E-state index contributed by atoms with van der Waals surface area (Å²) in [6.45, 7) is 4.67. The lowest BCUT2D eigenvalue weighted by Gasteiger charge is -2.34. The van der Waals surface area contributed by atoms with Crippen LogP contribution in [-0.4, -0.2) is 5.16 Å². The normalized spacial score (nSPS) is 22.0. The van der Waals surface area contributed by atoms with Gasteiger partial charge in [0.25, 0.3) is 0 Å². The fraction of sp³-hybridized carbons (Fsp3) is 1.00. The zero-order valence-electron chi connectivity index (χ0n) is 8.31. The summed E-state index contributed by atoms with van der Waals surface area (Å²) in [6, 6.07) is 0. The van der Waals surface area contributed by atoms with Crippen molar-refractivity contribution in [2.24, 2.45) is 5.92 Å². The molecule has 0 heterocycles. The Labute approximate surface area is 85.5 Å². The van der Waals surface area contributed by atoms with Crippen molar-refractivity contribution in [3.63, 3.8) is 0 Å². The van der Waals surface area contributed by atoms with Crippen molar-refractivity contribution in [3.8, 4) is 0 Å². The highest BCUT2D eigenvalue weighted by molar-refractivity contribution is 7.19. The Morgan fingerprint density at radius 1 is 1.17 bits per heavy atom. The van der Waals surface area contributed by atoms with Crippen LogP contribution >= 0.6 is 21.6 Å². The van der Waals surface area contributed by atoms with Crippen LogP contribution in [-0.2, 0) is 0 Å². The van der Waals surface area contributed by atoms with Crippen molar-refractivity contribution >= 4 is 21.6 Å². The van der Waals surface area contributed by atoms with E-state index in [2.05, 4.69) is 23.1 Å². The molecule has 0 aliphatic heterocycles. The summed E-state index contributed by atoms with van der Waals surface area (Å²) in [4.78, 5) is 0. The van der Waals surface area contributed by atoms with Gasteiger partial charge in [0.05, 0.1) is 0 Å². The summed E-state index contributed by atoms with van der Waals surface area (Å²) in [5.41, 5.74) is 0. The minimum absolute atomic E-state index is 0. The molecule has 2 heteroatoms. The van der Waals surface area contributed by atoms with Crippen molar-refractivity contribution in [3.05, 3.63) is 0 Å². The molecule has 0 N–H and O–H groups in total. The number of hydrogen-bond donors (Lipinski definition) is 0. The van der Waals surface area contributed by atoms with Gasteiger partial charge in [0, 0.05) is 0 Å². The smallest absolute Gasteiger partial charge is 0.0148 e. The van der Waals surface area contributed by atoms with Gasteiger partial charge in [-0.3, -0.25) is 0 Å². The third kappa shape index (κ3) is 4.10. The van der Waals surface area contributed by atoms with Gasteiger partial charge in [-0.25, -0.2) is 0 Å². The van der Waals surface area contributed by atoms with E-state index in [4.69, 9.17) is 0 Å². The maximum atomic E-state index is 3.11. The van der Waals surface area contributed by atoms with Crippen LogP contribution in [0.5, 0.6) is 0 Å². The average Bonchev–Trinajstić information content (AvgIpc) is 1.85. The molecule has 1 aliphatic rings. The Morgan fingerprint density at radius 2 is 1.67 bits per heavy atom. The molecule has 1 aliphatic carbocycles. The highest BCUT2D eigenvalue weighted by atomic mass is 35.5. The summed E-state index contributed by atoms with van der Waals surface area (Å²) >= 11 is 0. The van der Waals surface area contributed by atoms with Gasteiger partial charge in [0.15, 0.2) is 0 Å². The van der Waals surface area contributed by atoms with Gasteiger partial charge in [0.1, 0.15) is 0 Å². The Bertz CT molecular complexity index is 117. The number of hydrogen-bond acceptors (Lipinski definition) is 0. The highest BCUT2D eigenvalue weighted by Crippen LogP contribution is 2.40. The molecule has 1 atom stereocenters. The Kier molecular flexibility index (Phi) is 5.78. The molecule has 1 rings (SSSR count). The number of rotatable bonds is 2. The molecule has 12 heavy (non-hydrogen) atoms. The SMILES string of the molecule is CC(C)CC1(P)CCCCC1.Cl. The van der Waals surface area contributed by atoms with Crippen molar-refractivity contribution in [1.29, 1.82) is 0 Å². The molecule has 74 valence electrons. The lowest BCUT2D eigenvalue weighted by molar-refractivity contribution is 0.341. The van der Waals surface area contributed by atoms with Crippen LogP contribution < -0.4 is 0 Å². The summed E-state index contributed by atoms with van der Waals surface area (Å²) in [7, 11) is 3.11. The monoisotopic (exact) mass is 208 g/mol. The molecular formula is C10H22ClP. The van der Waals surface area contributed by atoms with Gasteiger partial charge in [-0.1, -0.05) is 33.1 Å². The molecule has 1 unspecified atom stereocenters. The molecule has 0 spiro atoms. The second-order valence-corrected chi connectivity index (χ2v) is 5.75.